The first-order valence-corrected chi connectivity index (χ1v) is 9.99. The van der Waals surface area contributed by atoms with Gasteiger partial charge in [0, 0.05) is 17.9 Å². The molecule has 2 aliphatic heterocycles. The molecule has 0 radical (unpaired) electrons. The second-order valence-corrected chi connectivity index (χ2v) is 8.66. The summed E-state index contributed by atoms with van der Waals surface area (Å²) in [4.78, 5) is 13.0. The fraction of sp³-hybridized carbons (Fsp3) is 0.667. The summed E-state index contributed by atoms with van der Waals surface area (Å²) >= 11 is 0. The Hall–Kier alpha value is -1.26. The summed E-state index contributed by atoms with van der Waals surface area (Å²) in [7, 11) is 0. The molecular formula is C21H29ClN2O2. The molecule has 2 N–H and O–H groups in total. The van der Waals surface area contributed by atoms with Crippen LogP contribution in [0.1, 0.15) is 63.0 Å². The van der Waals surface area contributed by atoms with Crippen molar-refractivity contribution in [3.05, 3.63) is 29.8 Å². The van der Waals surface area contributed by atoms with Crippen molar-refractivity contribution in [1.29, 1.82) is 0 Å². The Bertz CT molecular complexity index is 680. The molecule has 26 heavy (non-hydrogen) atoms. The average molecular weight is 377 g/mol. The first-order chi connectivity index (χ1) is 12.2. The van der Waals surface area contributed by atoms with E-state index in [4.69, 9.17) is 4.74 Å². The summed E-state index contributed by atoms with van der Waals surface area (Å²) in [6.07, 6.45) is 9.02. The minimum absolute atomic E-state index is 0. The van der Waals surface area contributed by atoms with Gasteiger partial charge in [0.1, 0.15) is 11.4 Å². The highest BCUT2D eigenvalue weighted by Crippen LogP contribution is 2.59. The minimum Gasteiger partial charge on any atom is -0.487 e. The van der Waals surface area contributed by atoms with Gasteiger partial charge in [0.2, 0.25) is 5.91 Å². The Morgan fingerprint density at radius 2 is 1.81 bits per heavy atom. The number of para-hydroxylation sites is 1. The van der Waals surface area contributed by atoms with Crippen LogP contribution in [0.25, 0.3) is 0 Å². The Balaban J connectivity index is 0.00000168. The van der Waals surface area contributed by atoms with E-state index in [0.717, 1.165) is 62.9 Å². The number of benzene rings is 1. The first kappa shape index (κ1) is 18.1. The number of ether oxygens (including phenoxy) is 1. The topological polar surface area (TPSA) is 50.4 Å². The second kappa shape index (κ2) is 6.72. The number of hydrogen-bond acceptors (Lipinski definition) is 3. The van der Waals surface area contributed by atoms with Crippen molar-refractivity contribution in [2.75, 3.05) is 13.1 Å². The molecule has 3 fully saturated rings. The van der Waals surface area contributed by atoms with Gasteiger partial charge >= 0.3 is 0 Å². The van der Waals surface area contributed by atoms with Crippen LogP contribution in [-0.4, -0.2) is 24.6 Å². The molecule has 2 atom stereocenters. The third-order valence-electron chi connectivity index (χ3n) is 7.13. The molecular weight excluding hydrogens is 348 g/mol. The normalized spacial score (nSPS) is 30.2. The largest absolute Gasteiger partial charge is 0.487 e. The maximum absolute atomic E-state index is 13.0. The van der Waals surface area contributed by atoms with Crippen LogP contribution < -0.4 is 15.4 Å². The predicted octanol–water partition coefficient (Wildman–Crippen LogP) is 3.75. The van der Waals surface area contributed by atoms with Gasteiger partial charge in [-0.2, -0.15) is 0 Å². The molecule has 142 valence electrons. The quantitative estimate of drug-likeness (QED) is 0.826. The molecule has 2 heterocycles. The number of carbonyl (C=O) groups is 1. The maximum Gasteiger partial charge on any atom is 0.224 e. The third kappa shape index (κ3) is 3.01. The predicted molar refractivity (Wildman–Crippen MR) is 104 cm³/mol. The van der Waals surface area contributed by atoms with Gasteiger partial charge in [-0.3, -0.25) is 4.79 Å². The van der Waals surface area contributed by atoms with E-state index in [-0.39, 0.29) is 35.9 Å². The molecule has 4 nitrogen and oxygen atoms in total. The zero-order chi connectivity index (χ0) is 16.9. The lowest BCUT2D eigenvalue weighted by Crippen LogP contribution is -2.44. The second-order valence-electron chi connectivity index (χ2n) is 8.66. The van der Waals surface area contributed by atoms with Gasteiger partial charge in [-0.05, 0) is 69.5 Å². The number of piperidine rings is 1. The molecule has 2 aliphatic carbocycles. The molecule has 1 aromatic carbocycles. The standard InChI is InChI=1S/C21H28N2O2.ClH/c24-19(16-13-20(16)9-11-22-12-10-20)23-17-14-21(7-3-4-8-21)25-18-6-2-1-5-15(17)18;/h1-2,5-6,16-17,22H,3-4,7-14H2,(H,23,24);1H. The number of halogens is 1. The lowest BCUT2D eigenvalue weighted by Gasteiger charge is -2.40. The number of fused-ring (bicyclic) bond motifs is 1. The van der Waals surface area contributed by atoms with Crippen molar-refractivity contribution in [2.24, 2.45) is 11.3 Å². The highest BCUT2D eigenvalue weighted by Gasteiger charge is 2.58. The third-order valence-corrected chi connectivity index (χ3v) is 7.13. The molecule has 2 unspecified atom stereocenters. The zero-order valence-corrected chi connectivity index (χ0v) is 16.1. The molecule has 5 rings (SSSR count). The summed E-state index contributed by atoms with van der Waals surface area (Å²) in [6.45, 7) is 2.12. The van der Waals surface area contributed by atoms with E-state index in [1.54, 1.807) is 0 Å². The van der Waals surface area contributed by atoms with Gasteiger partial charge in [0.05, 0.1) is 6.04 Å². The fourth-order valence-corrected chi connectivity index (χ4v) is 5.54. The van der Waals surface area contributed by atoms with E-state index in [1.807, 2.05) is 6.07 Å². The molecule has 0 aromatic heterocycles. The number of hydrogen-bond donors (Lipinski definition) is 2. The van der Waals surface area contributed by atoms with Crippen molar-refractivity contribution < 1.29 is 9.53 Å². The molecule has 4 aliphatic rings. The number of carbonyl (C=O) groups excluding carboxylic acids is 1. The van der Waals surface area contributed by atoms with E-state index in [1.165, 1.54) is 12.8 Å². The van der Waals surface area contributed by atoms with Crippen LogP contribution in [0.3, 0.4) is 0 Å². The van der Waals surface area contributed by atoms with Crippen molar-refractivity contribution in [3.63, 3.8) is 0 Å². The Labute approximate surface area is 161 Å². The van der Waals surface area contributed by atoms with Crippen molar-refractivity contribution in [2.45, 2.75) is 63.0 Å². The smallest absolute Gasteiger partial charge is 0.224 e. The number of rotatable bonds is 2. The van der Waals surface area contributed by atoms with Gasteiger partial charge in [-0.25, -0.2) is 0 Å². The molecule has 1 amide bonds. The number of nitrogens with one attached hydrogen (secondary N) is 2. The van der Waals surface area contributed by atoms with Crippen LogP contribution in [0, 0.1) is 11.3 Å². The Morgan fingerprint density at radius 1 is 1.08 bits per heavy atom. The monoisotopic (exact) mass is 376 g/mol. The van der Waals surface area contributed by atoms with Crippen LogP contribution in [0.5, 0.6) is 5.75 Å². The molecule has 2 saturated carbocycles. The van der Waals surface area contributed by atoms with Crippen LogP contribution in [-0.2, 0) is 4.79 Å². The van der Waals surface area contributed by atoms with Gasteiger partial charge in [-0.1, -0.05) is 18.2 Å². The van der Waals surface area contributed by atoms with E-state index >= 15 is 0 Å². The Morgan fingerprint density at radius 3 is 2.58 bits per heavy atom. The average Bonchev–Trinajstić information content (AvgIpc) is 3.13. The summed E-state index contributed by atoms with van der Waals surface area (Å²) < 4.78 is 6.42. The summed E-state index contributed by atoms with van der Waals surface area (Å²) in [5.41, 5.74) is 1.40. The molecule has 5 heteroatoms. The fourth-order valence-electron chi connectivity index (χ4n) is 5.54. The molecule has 1 saturated heterocycles. The van der Waals surface area contributed by atoms with Crippen molar-refractivity contribution >= 4 is 18.3 Å². The van der Waals surface area contributed by atoms with Gasteiger partial charge in [0.15, 0.2) is 0 Å². The van der Waals surface area contributed by atoms with Gasteiger partial charge < -0.3 is 15.4 Å². The highest BCUT2D eigenvalue weighted by molar-refractivity contribution is 5.85. The maximum atomic E-state index is 13.0. The van der Waals surface area contributed by atoms with Crippen LogP contribution in [0.15, 0.2) is 24.3 Å². The van der Waals surface area contributed by atoms with Crippen LogP contribution >= 0.6 is 12.4 Å². The lowest BCUT2D eigenvalue weighted by molar-refractivity contribution is -0.124. The van der Waals surface area contributed by atoms with Crippen molar-refractivity contribution in [1.82, 2.24) is 10.6 Å². The minimum atomic E-state index is -0.0533. The van der Waals surface area contributed by atoms with Crippen LogP contribution in [0.4, 0.5) is 0 Å². The summed E-state index contributed by atoms with van der Waals surface area (Å²) in [5.74, 6) is 1.48. The van der Waals surface area contributed by atoms with Crippen LogP contribution in [0.2, 0.25) is 0 Å². The van der Waals surface area contributed by atoms with Gasteiger partial charge in [-0.15, -0.1) is 12.4 Å². The zero-order valence-electron chi connectivity index (χ0n) is 15.3. The molecule has 1 aromatic rings. The molecule has 2 spiro atoms. The lowest BCUT2D eigenvalue weighted by atomic mass is 9.85. The van der Waals surface area contributed by atoms with Crippen molar-refractivity contribution in [3.8, 4) is 5.75 Å². The number of amides is 1. The Kier molecular flexibility index (Phi) is 4.68. The highest BCUT2D eigenvalue weighted by atomic mass is 35.5. The van der Waals surface area contributed by atoms with E-state index < -0.39 is 0 Å². The first-order valence-electron chi connectivity index (χ1n) is 9.99. The summed E-state index contributed by atoms with van der Waals surface area (Å²) in [5, 5.41) is 6.84. The van der Waals surface area contributed by atoms with E-state index in [2.05, 4.69) is 28.8 Å². The summed E-state index contributed by atoms with van der Waals surface area (Å²) in [6, 6.07) is 8.39. The molecule has 0 bridgehead atoms. The van der Waals surface area contributed by atoms with E-state index in [9.17, 15) is 4.79 Å². The van der Waals surface area contributed by atoms with E-state index in [0.29, 0.717) is 5.41 Å². The van der Waals surface area contributed by atoms with Gasteiger partial charge in [0.25, 0.3) is 0 Å². The SMILES string of the molecule is Cl.O=C(NC1CC2(CCCC2)Oc2ccccc21)C1CC12CCNCC2.